The van der Waals surface area contributed by atoms with Crippen LogP contribution < -0.4 is 5.73 Å². The Morgan fingerprint density at radius 2 is 2.12 bits per heavy atom. The average molecular weight is 241 g/mol. The van der Waals surface area contributed by atoms with Crippen LogP contribution in [-0.2, 0) is 0 Å². The summed E-state index contributed by atoms with van der Waals surface area (Å²) in [5, 5.41) is 0. The van der Waals surface area contributed by atoms with Gasteiger partial charge in [0.25, 0.3) is 0 Å². The summed E-state index contributed by atoms with van der Waals surface area (Å²) < 4.78 is 0. The van der Waals surface area contributed by atoms with Gasteiger partial charge in [-0.2, -0.15) is 0 Å². The Morgan fingerprint density at radius 1 is 1.41 bits per heavy atom. The van der Waals surface area contributed by atoms with Gasteiger partial charge in [-0.3, -0.25) is 4.90 Å². The zero-order chi connectivity index (χ0) is 12.8. The first-order valence-electron chi connectivity index (χ1n) is 7.28. The summed E-state index contributed by atoms with van der Waals surface area (Å²) in [4.78, 5) is 5.10. The second-order valence-electron chi connectivity index (χ2n) is 5.55. The highest BCUT2D eigenvalue weighted by molar-refractivity contribution is 4.84. The van der Waals surface area contributed by atoms with E-state index in [2.05, 4.69) is 37.6 Å². The van der Waals surface area contributed by atoms with E-state index in [1.165, 1.54) is 38.9 Å². The molecule has 3 atom stereocenters. The molecule has 1 aliphatic heterocycles. The third kappa shape index (κ3) is 3.94. The maximum atomic E-state index is 5.94. The van der Waals surface area contributed by atoms with Crippen LogP contribution in [0.15, 0.2) is 0 Å². The fourth-order valence-corrected chi connectivity index (χ4v) is 3.10. The Kier molecular flexibility index (Phi) is 6.45. The molecule has 0 aromatic heterocycles. The summed E-state index contributed by atoms with van der Waals surface area (Å²) in [6.45, 7) is 11.3. The lowest BCUT2D eigenvalue weighted by Gasteiger charge is -2.35. The third-order valence-electron chi connectivity index (χ3n) is 4.51. The lowest BCUT2D eigenvalue weighted by Crippen LogP contribution is -2.48. The molecule has 1 fully saturated rings. The lowest BCUT2D eigenvalue weighted by atomic mass is 9.97. The second-order valence-corrected chi connectivity index (χ2v) is 5.55. The highest BCUT2D eigenvalue weighted by Crippen LogP contribution is 2.20. The van der Waals surface area contributed by atoms with E-state index >= 15 is 0 Å². The minimum Gasteiger partial charge on any atom is -0.329 e. The van der Waals surface area contributed by atoms with Crippen LogP contribution in [0.25, 0.3) is 0 Å². The Bertz CT molecular complexity index is 208. The highest BCUT2D eigenvalue weighted by atomic mass is 15.2. The second kappa shape index (κ2) is 7.34. The van der Waals surface area contributed by atoms with Crippen LogP contribution in [0.5, 0.6) is 0 Å². The Morgan fingerprint density at radius 3 is 2.65 bits per heavy atom. The fourth-order valence-electron chi connectivity index (χ4n) is 3.10. The van der Waals surface area contributed by atoms with Crippen molar-refractivity contribution in [2.45, 2.75) is 52.1 Å². The summed E-state index contributed by atoms with van der Waals surface area (Å²) in [6.07, 6.45) is 3.94. The van der Waals surface area contributed by atoms with Gasteiger partial charge >= 0.3 is 0 Å². The normalized spacial score (nSPS) is 25.4. The van der Waals surface area contributed by atoms with Crippen molar-refractivity contribution < 1.29 is 0 Å². The van der Waals surface area contributed by atoms with E-state index < -0.39 is 0 Å². The standard InChI is InChI=1S/C14H31N3/c1-5-12(3)14(10-15)16(4)11-13-8-7-9-17(13)6-2/h12-14H,5-11,15H2,1-4H3. The minimum atomic E-state index is 0.541. The topological polar surface area (TPSA) is 32.5 Å². The van der Waals surface area contributed by atoms with E-state index in [9.17, 15) is 0 Å². The number of nitrogens with zero attached hydrogens (tertiary/aromatic N) is 2. The molecule has 3 nitrogen and oxygen atoms in total. The van der Waals surface area contributed by atoms with E-state index in [0.29, 0.717) is 12.0 Å². The summed E-state index contributed by atoms with van der Waals surface area (Å²) in [5.74, 6) is 0.696. The van der Waals surface area contributed by atoms with Crippen LogP contribution >= 0.6 is 0 Å². The maximum absolute atomic E-state index is 5.94. The van der Waals surface area contributed by atoms with Crippen molar-refractivity contribution >= 4 is 0 Å². The minimum absolute atomic E-state index is 0.541. The molecule has 0 aromatic carbocycles. The molecule has 0 amide bonds. The van der Waals surface area contributed by atoms with Crippen LogP contribution in [0, 0.1) is 5.92 Å². The van der Waals surface area contributed by atoms with Crippen molar-refractivity contribution in [3.63, 3.8) is 0 Å². The van der Waals surface area contributed by atoms with E-state index in [0.717, 1.165) is 12.6 Å². The summed E-state index contributed by atoms with van der Waals surface area (Å²) in [5.41, 5.74) is 5.94. The Balaban J connectivity index is 2.48. The molecule has 0 aliphatic carbocycles. The molecule has 0 saturated carbocycles. The van der Waals surface area contributed by atoms with Gasteiger partial charge in [0.05, 0.1) is 0 Å². The summed E-state index contributed by atoms with van der Waals surface area (Å²) in [7, 11) is 2.25. The van der Waals surface area contributed by atoms with Gasteiger partial charge in [0, 0.05) is 25.2 Å². The number of likely N-dealkylation sites (N-methyl/N-ethyl adjacent to an activating group) is 2. The van der Waals surface area contributed by atoms with Gasteiger partial charge < -0.3 is 10.6 Å². The monoisotopic (exact) mass is 241 g/mol. The van der Waals surface area contributed by atoms with Crippen molar-refractivity contribution in [2.24, 2.45) is 11.7 Å². The van der Waals surface area contributed by atoms with Crippen molar-refractivity contribution in [1.82, 2.24) is 9.80 Å². The molecular weight excluding hydrogens is 210 g/mol. The molecule has 1 saturated heterocycles. The van der Waals surface area contributed by atoms with Crippen molar-refractivity contribution in [3.05, 3.63) is 0 Å². The Labute approximate surface area is 107 Å². The predicted octanol–water partition coefficient (Wildman–Crippen LogP) is 1.78. The van der Waals surface area contributed by atoms with Gasteiger partial charge in [-0.25, -0.2) is 0 Å². The predicted molar refractivity (Wildman–Crippen MR) is 75.2 cm³/mol. The fraction of sp³-hybridized carbons (Fsp3) is 1.00. The van der Waals surface area contributed by atoms with Crippen LogP contribution in [-0.4, -0.2) is 55.1 Å². The van der Waals surface area contributed by atoms with Crippen LogP contribution in [0.1, 0.15) is 40.0 Å². The van der Waals surface area contributed by atoms with Gasteiger partial charge in [-0.05, 0) is 38.9 Å². The molecule has 3 heteroatoms. The Hall–Kier alpha value is -0.120. The van der Waals surface area contributed by atoms with E-state index in [-0.39, 0.29) is 0 Å². The van der Waals surface area contributed by atoms with Gasteiger partial charge in [0.15, 0.2) is 0 Å². The van der Waals surface area contributed by atoms with Gasteiger partial charge in [0.1, 0.15) is 0 Å². The molecule has 17 heavy (non-hydrogen) atoms. The first kappa shape index (κ1) is 14.9. The average Bonchev–Trinajstić information content (AvgIpc) is 2.76. The van der Waals surface area contributed by atoms with Gasteiger partial charge in [-0.1, -0.05) is 27.2 Å². The molecular formula is C14H31N3. The first-order chi connectivity index (χ1) is 8.13. The molecule has 0 bridgehead atoms. The molecule has 1 heterocycles. The molecule has 0 aromatic rings. The van der Waals surface area contributed by atoms with Gasteiger partial charge in [0.2, 0.25) is 0 Å². The number of likely N-dealkylation sites (tertiary alicyclic amines) is 1. The van der Waals surface area contributed by atoms with E-state index in [1.54, 1.807) is 0 Å². The molecule has 1 aliphatic rings. The summed E-state index contributed by atoms with van der Waals surface area (Å²) >= 11 is 0. The number of hydrogen-bond donors (Lipinski definition) is 1. The zero-order valence-electron chi connectivity index (χ0n) is 12.2. The van der Waals surface area contributed by atoms with Crippen molar-refractivity contribution in [3.8, 4) is 0 Å². The molecule has 102 valence electrons. The van der Waals surface area contributed by atoms with Crippen molar-refractivity contribution in [2.75, 3.05) is 33.2 Å². The first-order valence-corrected chi connectivity index (χ1v) is 7.28. The SMILES string of the molecule is CCC(C)C(CN)N(C)CC1CCCN1CC. The highest BCUT2D eigenvalue weighted by Gasteiger charge is 2.27. The van der Waals surface area contributed by atoms with E-state index in [1.807, 2.05) is 0 Å². The molecule has 2 N–H and O–H groups in total. The zero-order valence-corrected chi connectivity index (χ0v) is 12.2. The van der Waals surface area contributed by atoms with Crippen LogP contribution in [0.3, 0.4) is 0 Å². The third-order valence-corrected chi connectivity index (χ3v) is 4.51. The smallest absolute Gasteiger partial charge is 0.0241 e. The molecule has 3 unspecified atom stereocenters. The lowest BCUT2D eigenvalue weighted by molar-refractivity contribution is 0.135. The largest absolute Gasteiger partial charge is 0.329 e. The molecule has 0 spiro atoms. The number of hydrogen-bond acceptors (Lipinski definition) is 3. The van der Waals surface area contributed by atoms with Gasteiger partial charge in [-0.15, -0.1) is 0 Å². The van der Waals surface area contributed by atoms with Crippen molar-refractivity contribution in [1.29, 1.82) is 0 Å². The van der Waals surface area contributed by atoms with Crippen LogP contribution in [0.4, 0.5) is 0 Å². The quantitative estimate of drug-likeness (QED) is 0.737. The number of nitrogens with two attached hydrogens (primary N) is 1. The number of rotatable bonds is 7. The van der Waals surface area contributed by atoms with E-state index in [4.69, 9.17) is 5.73 Å². The maximum Gasteiger partial charge on any atom is 0.0241 e. The van der Waals surface area contributed by atoms with Crippen LogP contribution in [0.2, 0.25) is 0 Å². The molecule has 0 radical (unpaired) electrons. The molecule has 1 rings (SSSR count). The summed E-state index contributed by atoms with van der Waals surface area (Å²) in [6, 6.07) is 1.29.